The number of carbonyl (C=O) groups is 1. The lowest BCUT2D eigenvalue weighted by Gasteiger charge is -2.12. The Balaban J connectivity index is 1.64. The summed E-state index contributed by atoms with van der Waals surface area (Å²) in [5, 5.41) is 3.47. The quantitative estimate of drug-likeness (QED) is 0.756. The molecule has 1 amide bonds. The zero-order valence-electron chi connectivity index (χ0n) is 13.6. The number of H-pyrrole nitrogens is 1. The van der Waals surface area contributed by atoms with Crippen molar-refractivity contribution in [1.82, 2.24) is 10.3 Å². The minimum absolute atomic E-state index is 0.146. The first-order valence-electron chi connectivity index (χ1n) is 8.10. The van der Waals surface area contributed by atoms with E-state index in [1.165, 1.54) is 11.6 Å². The summed E-state index contributed by atoms with van der Waals surface area (Å²) in [6.07, 6.45) is 0.841. The van der Waals surface area contributed by atoms with E-state index in [9.17, 15) is 9.59 Å². The first-order valence-corrected chi connectivity index (χ1v) is 8.10. The van der Waals surface area contributed by atoms with E-state index in [1.54, 1.807) is 12.1 Å². The van der Waals surface area contributed by atoms with Gasteiger partial charge < -0.3 is 10.3 Å². The number of hydrogen-bond acceptors (Lipinski definition) is 2. The lowest BCUT2D eigenvalue weighted by Crippen LogP contribution is -2.27. The number of amides is 1. The van der Waals surface area contributed by atoms with Crippen molar-refractivity contribution in [2.24, 2.45) is 0 Å². The van der Waals surface area contributed by atoms with Crippen molar-refractivity contribution in [1.29, 1.82) is 0 Å². The second-order valence-corrected chi connectivity index (χ2v) is 5.95. The van der Waals surface area contributed by atoms with Gasteiger partial charge in [0.05, 0.1) is 0 Å². The molecule has 0 aliphatic carbocycles. The van der Waals surface area contributed by atoms with Crippen LogP contribution in [0, 0.1) is 0 Å². The van der Waals surface area contributed by atoms with Gasteiger partial charge in [-0.25, -0.2) is 0 Å². The number of rotatable bonds is 5. The molecule has 2 aromatic carbocycles. The number of pyridine rings is 1. The largest absolute Gasteiger partial charge is 0.351 e. The fourth-order valence-corrected chi connectivity index (χ4v) is 2.76. The van der Waals surface area contributed by atoms with Crippen LogP contribution in [0.4, 0.5) is 0 Å². The second-order valence-electron chi connectivity index (χ2n) is 5.95. The Labute approximate surface area is 140 Å². The van der Waals surface area contributed by atoms with E-state index in [-0.39, 0.29) is 11.3 Å². The molecule has 3 rings (SSSR count). The lowest BCUT2D eigenvalue weighted by molar-refractivity contribution is 0.0948. The van der Waals surface area contributed by atoms with E-state index in [1.807, 2.05) is 30.3 Å². The van der Waals surface area contributed by atoms with Gasteiger partial charge in [0.1, 0.15) is 5.69 Å². The number of hydrogen-bond donors (Lipinski definition) is 2. The van der Waals surface area contributed by atoms with Crippen LogP contribution < -0.4 is 10.7 Å². The van der Waals surface area contributed by atoms with Crippen LogP contribution in [0.3, 0.4) is 0 Å². The topological polar surface area (TPSA) is 62.0 Å². The van der Waals surface area contributed by atoms with Crippen LogP contribution >= 0.6 is 0 Å². The lowest BCUT2D eigenvalue weighted by atomic mass is 9.98. The predicted molar refractivity (Wildman–Crippen MR) is 96.4 cm³/mol. The van der Waals surface area contributed by atoms with E-state index in [2.05, 4.69) is 29.4 Å². The van der Waals surface area contributed by atoms with Crippen LogP contribution in [0.5, 0.6) is 0 Å². The summed E-state index contributed by atoms with van der Waals surface area (Å²) in [6.45, 7) is 2.70. The molecule has 0 radical (unpaired) electrons. The Kier molecular flexibility index (Phi) is 4.75. The third kappa shape index (κ3) is 3.54. The zero-order chi connectivity index (χ0) is 16.9. The van der Waals surface area contributed by atoms with Crippen molar-refractivity contribution in [3.8, 4) is 0 Å². The number of nitrogens with one attached hydrogen (secondary N) is 2. The van der Waals surface area contributed by atoms with Crippen LogP contribution in [0.25, 0.3) is 10.9 Å². The highest BCUT2D eigenvalue weighted by atomic mass is 16.2. The van der Waals surface area contributed by atoms with Crippen molar-refractivity contribution >= 4 is 16.8 Å². The van der Waals surface area contributed by atoms with Gasteiger partial charge in [0.15, 0.2) is 5.43 Å². The molecule has 1 unspecified atom stereocenters. The number of aromatic amines is 1. The van der Waals surface area contributed by atoms with Gasteiger partial charge >= 0.3 is 0 Å². The molecule has 1 heterocycles. The smallest absolute Gasteiger partial charge is 0.267 e. The maximum Gasteiger partial charge on any atom is 0.267 e. The molecule has 0 bridgehead atoms. The number of benzene rings is 2. The van der Waals surface area contributed by atoms with Crippen molar-refractivity contribution in [2.75, 3.05) is 6.54 Å². The fraction of sp³-hybridized carbons (Fsp3) is 0.200. The SMILES string of the molecule is CC(CCNC(=O)c1cc(=O)c2ccccc2[nH]1)c1ccccc1. The summed E-state index contributed by atoms with van der Waals surface area (Å²) in [6, 6.07) is 18.8. The summed E-state index contributed by atoms with van der Waals surface area (Å²) in [4.78, 5) is 27.4. The molecule has 0 saturated carbocycles. The zero-order valence-corrected chi connectivity index (χ0v) is 13.6. The molecule has 4 heteroatoms. The van der Waals surface area contributed by atoms with Crippen LogP contribution in [0.15, 0.2) is 65.5 Å². The van der Waals surface area contributed by atoms with Gasteiger partial charge in [-0.15, -0.1) is 0 Å². The highest BCUT2D eigenvalue weighted by molar-refractivity contribution is 5.94. The molecule has 1 atom stereocenters. The van der Waals surface area contributed by atoms with E-state index in [0.717, 1.165) is 6.42 Å². The Bertz CT molecular complexity index is 900. The molecular formula is C20H20N2O2. The van der Waals surface area contributed by atoms with Crippen molar-refractivity contribution < 1.29 is 4.79 Å². The first kappa shape index (κ1) is 16.0. The highest BCUT2D eigenvalue weighted by Crippen LogP contribution is 2.17. The van der Waals surface area contributed by atoms with Crippen LogP contribution in [-0.2, 0) is 0 Å². The van der Waals surface area contributed by atoms with Gasteiger partial charge in [-0.1, -0.05) is 49.4 Å². The summed E-state index contributed by atoms with van der Waals surface area (Å²) >= 11 is 0. The van der Waals surface area contributed by atoms with E-state index in [4.69, 9.17) is 0 Å². The molecular weight excluding hydrogens is 300 g/mol. The maximum absolute atomic E-state index is 12.3. The Morgan fingerprint density at radius 2 is 1.79 bits per heavy atom. The third-order valence-electron chi connectivity index (χ3n) is 4.21. The maximum atomic E-state index is 12.3. The fourth-order valence-electron chi connectivity index (χ4n) is 2.76. The molecule has 24 heavy (non-hydrogen) atoms. The van der Waals surface area contributed by atoms with E-state index < -0.39 is 0 Å². The molecule has 4 nitrogen and oxygen atoms in total. The standard InChI is InChI=1S/C20H20N2O2/c1-14(15-7-3-2-4-8-15)11-12-21-20(24)18-13-19(23)16-9-5-6-10-17(16)22-18/h2-10,13-14H,11-12H2,1H3,(H,21,24)(H,22,23). The van der Waals surface area contributed by atoms with Gasteiger partial charge in [0, 0.05) is 23.5 Å². The average molecular weight is 320 g/mol. The predicted octanol–water partition coefficient (Wildman–Crippen LogP) is 3.45. The molecule has 1 aromatic heterocycles. The van der Waals surface area contributed by atoms with Gasteiger partial charge in [-0.05, 0) is 30.0 Å². The van der Waals surface area contributed by atoms with Crippen molar-refractivity contribution in [3.63, 3.8) is 0 Å². The molecule has 0 aliphatic heterocycles. The molecule has 0 saturated heterocycles. The average Bonchev–Trinajstić information content (AvgIpc) is 2.62. The summed E-state index contributed by atoms with van der Waals surface area (Å²) < 4.78 is 0. The van der Waals surface area contributed by atoms with Crippen LogP contribution in [0.1, 0.15) is 35.3 Å². The molecule has 2 N–H and O–H groups in total. The van der Waals surface area contributed by atoms with Crippen LogP contribution in [0.2, 0.25) is 0 Å². The third-order valence-corrected chi connectivity index (χ3v) is 4.21. The molecule has 122 valence electrons. The summed E-state index contributed by atoms with van der Waals surface area (Å²) in [7, 11) is 0. The first-order chi connectivity index (χ1) is 11.6. The van der Waals surface area contributed by atoms with Crippen LogP contribution in [-0.4, -0.2) is 17.4 Å². The summed E-state index contributed by atoms with van der Waals surface area (Å²) in [5.74, 6) is 0.111. The number of fused-ring (bicyclic) bond motifs is 1. The monoisotopic (exact) mass is 320 g/mol. The van der Waals surface area contributed by atoms with Gasteiger partial charge in [0.2, 0.25) is 0 Å². The number of para-hydroxylation sites is 1. The number of aromatic nitrogens is 1. The molecule has 0 spiro atoms. The highest BCUT2D eigenvalue weighted by Gasteiger charge is 2.10. The molecule has 3 aromatic rings. The van der Waals surface area contributed by atoms with Crippen molar-refractivity contribution in [2.45, 2.75) is 19.3 Å². The minimum Gasteiger partial charge on any atom is -0.351 e. The van der Waals surface area contributed by atoms with E-state index >= 15 is 0 Å². The Morgan fingerprint density at radius 3 is 2.58 bits per heavy atom. The van der Waals surface area contributed by atoms with E-state index in [0.29, 0.717) is 29.1 Å². The second kappa shape index (κ2) is 7.13. The van der Waals surface area contributed by atoms with Gasteiger partial charge in [0.25, 0.3) is 5.91 Å². The van der Waals surface area contributed by atoms with Gasteiger partial charge in [-0.2, -0.15) is 0 Å². The summed E-state index contributed by atoms with van der Waals surface area (Å²) in [5.41, 5.74) is 2.08. The minimum atomic E-state index is -0.252. The van der Waals surface area contributed by atoms with Crippen molar-refractivity contribution in [3.05, 3.63) is 82.1 Å². The Morgan fingerprint density at radius 1 is 1.08 bits per heavy atom. The Hall–Kier alpha value is -2.88. The normalized spacial score (nSPS) is 12.0. The van der Waals surface area contributed by atoms with Gasteiger partial charge in [-0.3, -0.25) is 9.59 Å². The molecule has 0 aliphatic rings. The number of carbonyl (C=O) groups excluding carboxylic acids is 1. The molecule has 0 fully saturated rings.